The summed E-state index contributed by atoms with van der Waals surface area (Å²) in [6.07, 6.45) is 1.43. The summed E-state index contributed by atoms with van der Waals surface area (Å²) >= 11 is 23.8. The number of halogens is 4. The van der Waals surface area contributed by atoms with Gasteiger partial charge in [-0.2, -0.15) is 4.99 Å². The number of rotatable bonds is 14. The molecule has 20 heteroatoms. The Morgan fingerprint density at radius 3 is 1.80 bits per heavy atom. The van der Waals surface area contributed by atoms with E-state index in [2.05, 4.69) is 15.6 Å². The topological polar surface area (TPSA) is 174 Å². The number of carbonyl (C=O) groups excluding carboxylic acids is 6. The number of carbonyl (C=O) groups is 5. The summed E-state index contributed by atoms with van der Waals surface area (Å²) in [5.74, 6) is -0.768. The number of nitrogens with one attached hydrogen (secondary N) is 2. The second-order valence-corrected chi connectivity index (χ2v) is 15.8. The lowest BCUT2D eigenvalue weighted by atomic mass is 10.2. The minimum absolute atomic E-state index is 0.0706. The number of ether oxygens (including phenoxy) is 2. The third kappa shape index (κ3) is 15.0. The molecule has 2 aliphatic rings. The van der Waals surface area contributed by atoms with Gasteiger partial charge >= 0.3 is 6.03 Å². The Morgan fingerprint density at radius 1 is 0.734 bits per heavy atom. The average Bonchev–Trinajstić information content (AvgIpc) is 3.85. The molecule has 4 aromatic carbocycles. The van der Waals surface area contributed by atoms with Gasteiger partial charge in [0, 0.05) is 64.5 Å². The number of urea groups is 1. The van der Waals surface area contributed by atoms with Crippen LogP contribution in [-0.2, 0) is 33.4 Å². The maximum absolute atomic E-state index is 12.9. The van der Waals surface area contributed by atoms with Crippen LogP contribution < -0.4 is 20.4 Å². The quantitative estimate of drug-likeness (QED) is 0.0772. The molecule has 2 saturated heterocycles. The maximum Gasteiger partial charge on any atom is 0.322 e. The number of benzene rings is 4. The van der Waals surface area contributed by atoms with Gasteiger partial charge in [0.05, 0.1) is 25.4 Å². The Morgan fingerprint density at radius 2 is 1.27 bits per heavy atom. The molecule has 0 unspecified atom stereocenters. The van der Waals surface area contributed by atoms with Crippen LogP contribution in [0.5, 0.6) is 0 Å². The zero-order chi connectivity index (χ0) is 46.8. The first-order valence-electron chi connectivity index (χ1n) is 19.7. The summed E-state index contributed by atoms with van der Waals surface area (Å²) in [6, 6.07) is 23.7. The molecule has 2 fully saturated rings. The highest BCUT2D eigenvalue weighted by Gasteiger charge is 2.34. The SMILES string of the molecule is COCCN(CC(=O)N1CC(=O)N(c2cccc(Cl)c2C)C1)C(=O)Nc1cccc(Cl)c1.COCCNCC(=O)N1CC(=O)N(c2cccc(Cl)c2C)C1.O=C=Nc1cccc(Cl)c1. The van der Waals surface area contributed by atoms with Crippen LogP contribution in [0, 0.1) is 13.8 Å². The van der Waals surface area contributed by atoms with Crippen molar-refractivity contribution in [2.75, 3.05) is 95.2 Å². The molecule has 64 heavy (non-hydrogen) atoms. The first kappa shape index (κ1) is 51.1. The highest BCUT2D eigenvalue weighted by atomic mass is 35.5. The second-order valence-electron chi connectivity index (χ2n) is 14.1. The number of hydrogen-bond acceptors (Lipinski definition) is 10. The van der Waals surface area contributed by atoms with Crippen molar-refractivity contribution in [1.29, 1.82) is 0 Å². The highest BCUT2D eigenvalue weighted by Crippen LogP contribution is 2.30. The number of methoxy groups -OCH3 is 2. The Hall–Kier alpha value is -5.55. The lowest BCUT2D eigenvalue weighted by Gasteiger charge is -2.25. The average molecular weight is 959 g/mol. The van der Waals surface area contributed by atoms with Crippen molar-refractivity contribution >= 4 is 105 Å². The van der Waals surface area contributed by atoms with Crippen LogP contribution in [0.25, 0.3) is 0 Å². The van der Waals surface area contributed by atoms with Gasteiger partial charge in [0.25, 0.3) is 0 Å². The van der Waals surface area contributed by atoms with E-state index in [0.717, 1.165) is 16.8 Å². The number of hydrogen-bond donors (Lipinski definition) is 2. The van der Waals surface area contributed by atoms with Gasteiger partial charge in [0.2, 0.25) is 29.7 Å². The number of amides is 6. The Balaban J connectivity index is 0.000000241. The van der Waals surface area contributed by atoms with Crippen molar-refractivity contribution in [3.8, 4) is 0 Å². The Labute approximate surface area is 391 Å². The molecule has 0 aliphatic carbocycles. The van der Waals surface area contributed by atoms with Crippen LogP contribution in [-0.4, -0.2) is 130 Å². The molecule has 0 atom stereocenters. The molecule has 0 radical (unpaired) electrons. The zero-order valence-corrected chi connectivity index (χ0v) is 38.6. The fourth-order valence-corrected chi connectivity index (χ4v) is 6.91. The van der Waals surface area contributed by atoms with Crippen LogP contribution >= 0.6 is 46.4 Å². The molecule has 340 valence electrons. The van der Waals surface area contributed by atoms with Crippen molar-refractivity contribution in [2.45, 2.75) is 13.8 Å². The molecule has 6 rings (SSSR count). The van der Waals surface area contributed by atoms with Crippen molar-refractivity contribution in [2.24, 2.45) is 4.99 Å². The van der Waals surface area contributed by atoms with E-state index in [-0.39, 0.29) is 76.3 Å². The molecule has 16 nitrogen and oxygen atoms in total. The van der Waals surface area contributed by atoms with E-state index in [1.54, 1.807) is 90.9 Å². The van der Waals surface area contributed by atoms with E-state index in [4.69, 9.17) is 55.9 Å². The molecular weight excluding hydrogens is 910 g/mol. The molecule has 2 aliphatic heterocycles. The summed E-state index contributed by atoms with van der Waals surface area (Å²) < 4.78 is 9.98. The second kappa shape index (κ2) is 25.7. The predicted molar refractivity (Wildman–Crippen MR) is 248 cm³/mol. The molecule has 4 aromatic rings. The molecule has 0 saturated carbocycles. The lowest BCUT2D eigenvalue weighted by molar-refractivity contribution is -0.132. The van der Waals surface area contributed by atoms with E-state index < -0.39 is 6.03 Å². The van der Waals surface area contributed by atoms with E-state index in [9.17, 15) is 28.8 Å². The summed E-state index contributed by atoms with van der Waals surface area (Å²) in [6.45, 7) is 5.64. The molecule has 0 aromatic heterocycles. The molecular formula is C44H48Cl4N8O8. The van der Waals surface area contributed by atoms with E-state index >= 15 is 0 Å². The van der Waals surface area contributed by atoms with Gasteiger partial charge in [0.15, 0.2) is 0 Å². The predicted octanol–water partition coefficient (Wildman–Crippen LogP) is 6.94. The number of nitrogens with zero attached hydrogens (tertiary/aromatic N) is 6. The zero-order valence-electron chi connectivity index (χ0n) is 35.6. The van der Waals surface area contributed by atoms with Gasteiger partial charge in [-0.05, 0) is 85.6 Å². The Kier molecular flexibility index (Phi) is 20.5. The van der Waals surface area contributed by atoms with E-state index in [1.165, 1.54) is 32.8 Å². The minimum atomic E-state index is -0.467. The molecule has 2 N–H and O–H groups in total. The monoisotopic (exact) mass is 956 g/mol. The van der Waals surface area contributed by atoms with Crippen LogP contribution in [0.4, 0.5) is 27.5 Å². The van der Waals surface area contributed by atoms with Gasteiger partial charge in [-0.25, -0.2) is 9.59 Å². The molecule has 6 amide bonds. The summed E-state index contributed by atoms with van der Waals surface area (Å²) in [7, 11) is 3.12. The van der Waals surface area contributed by atoms with Crippen molar-refractivity contribution in [3.05, 3.63) is 116 Å². The first-order valence-corrected chi connectivity index (χ1v) is 21.2. The minimum Gasteiger partial charge on any atom is -0.383 e. The number of aliphatic imine (C=N–C) groups is 1. The smallest absolute Gasteiger partial charge is 0.322 e. The van der Waals surface area contributed by atoms with Crippen LogP contribution in [0.1, 0.15) is 11.1 Å². The normalized spacial score (nSPS) is 13.1. The van der Waals surface area contributed by atoms with Crippen molar-refractivity contribution < 1.29 is 38.2 Å². The van der Waals surface area contributed by atoms with Gasteiger partial charge in [-0.3, -0.25) is 29.0 Å². The largest absolute Gasteiger partial charge is 0.383 e. The third-order valence-corrected chi connectivity index (χ3v) is 10.9. The highest BCUT2D eigenvalue weighted by molar-refractivity contribution is 6.32. The fraction of sp³-hybridized carbons (Fsp3) is 0.318. The van der Waals surface area contributed by atoms with Crippen LogP contribution in [0.3, 0.4) is 0 Å². The third-order valence-electron chi connectivity index (χ3n) is 9.64. The molecule has 0 bridgehead atoms. The number of anilines is 3. The van der Waals surface area contributed by atoms with Crippen LogP contribution in [0.15, 0.2) is 89.9 Å². The molecule has 0 spiro atoms. The van der Waals surface area contributed by atoms with Gasteiger partial charge in [-0.1, -0.05) is 70.7 Å². The van der Waals surface area contributed by atoms with E-state index in [1.807, 2.05) is 19.9 Å². The lowest BCUT2D eigenvalue weighted by Crippen LogP contribution is -2.45. The van der Waals surface area contributed by atoms with Crippen molar-refractivity contribution in [1.82, 2.24) is 20.0 Å². The fourth-order valence-electron chi connectivity index (χ4n) is 6.19. The first-order chi connectivity index (χ1) is 30.7. The van der Waals surface area contributed by atoms with Gasteiger partial charge in [-0.15, -0.1) is 0 Å². The standard InChI is InChI=1S/C22H24Cl2N4O4.C15H20ClN3O3.C7H4ClNO/c1-15-18(24)7-4-8-19(15)28-14-27(13-21(28)30)20(29)12-26(9-10-32-2)22(31)25-17-6-3-5-16(23)11-17;1-11-12(16)4-3-5-13(11)19-10-18(9-15(19)21)14(20)8-17-6-7-22-2;8-6-2-1-3-7(4-6)9-5-10/h3-8,11H,9-10,12-14H2,1-2H3,(H,25,31);3-5,17H,6-10H2,1-2H3;1-4H. The number of isocyanates is 1. The summed E-state index contributed by atoms with van der Waals surface area (Å²) in [5.41, 5.74) is 4.05. The van der Waals surface area contributed by atoms with Crippen molar-refractivity contribution in [3.63, 3.8) is 0 Å². The van der Waals surface area contributed by atoms with E-state index in [0.29, 0.717) is 50.3 Å². The van der Waals surface area contributed by atoms with Gasteiger partial charge in [0.1, 0.15) is 33.0 Å². The maximum atomic E-state index is 12.9. The summed E-state index contributed by atoms with van der Waals surface area (Å²) in [4.78, 5) is 83.1. The van der Waals surface area contributed by atoms with Crippen LogP contribution in [0.2, 0.25) is 20.1 Å². The molecule has 2 heterocycles. The summed E-state index contributed by atoms with van der Waals surface area (Å²) in [5, 5.41) is 7.91. The Bertz CT molecular complexity index is 2330. The van der Waals surface area contributed by atoms with Gasteiger partial charge < -0.3 is 34.8 Å².